The molecule has 4 N–H and O–H groups in total. The number of benzene rings is 1. The highest BCUT2D eigenvalue weighted by Crippen LogP contribution is 2.16. The Morgan fingerprint density at radius 3 is 2.26 bits per heavy atom. The molecule has 1 aromatic rings. The fourth-order valence-electron chi connectivity index (χ4n) is 3.37. The summed E-state index contributed by atoms with van der Waals surface area (Å²) in [6, 6.07) is 8.58. The zero-order valence-electron chi connectivity index (χ0n) is 16.7. The fourth-order valence-corrected chi connectivity index (χ4v) is 3.37. The van der Waals surface area contributed by atoms with Gasteiger partial charge in [-0.05, 0) is 12.1 Å². The molecular weight excluding hydrogens is 342 g/mol. The van der Waals surface area contributed by atoms with E-state index >= 15 is 0 Å². The van der Waals surface area contributed by atoms with Gasteiger partial charge in [0.1, 0.15) is 32.2 Å². The predicted molar refractivity (Wildman–Crippen MR) is 107 cm³/mol. The molecule has 7 nitrogen and oxygen atoms in total. The van der Waals surface area contributed by atoms with Crippen molar-refractivity contribution >= 4 is 17.5 Å². The topological polar surface area (TPSA) is 70.3 Å². The van der Waals surface area contributed by atoms with E-state index in [9.17, 15) is 9.59 Å². The summed E-state index contributed by atoms with van der Waals surface area (Å²) in [4.78, 5) is 28.9. The van der Waals surface area contributed by atoms with E-state index < -0.39 is 11.8 Å². The number of nitrogens with one attached hydrogen (secondary N) is 4. The summed E-state index contributed by atoms with van der Waals surface area (Å²) in [5.41, 5.74) is 2.32. The van der Waals surface area contributed by atoms with Crippen LogP contribution in [0.4, 0.5) is 5.69 Å². The van der Waals surface area contributed by atoms with Crippen molar-refractivity contribution in [1.82, 2.24) is 10.6 Å². The van der Waals surface area contributed by atoms with Crippen LogP contribution in [0.3, 0.4) is 0 Å². The zero-order valence-corrected chi connectivity index (χ0v) is 16.7. The Bertz CT molecular complexity index is 636. The first-order valence-corrected chi connectivity index (χ1v) is 9.52. The highest BCUT2D eigenvalue weighted by molar-refractivity contribution is 6.35. The summed E-state index contributed by atoms with van der Waals surface area (Å²) in [6.45, 7) is 8.57. The van der Waals surface area contributed by atoms with Gasteiger partial charge in [-0.2, -0.15) is 0 Å². The van der Waals surface area contributed by atoms with Crippen LogP contribution in [-0.4, -0.2) is 72.2 Å². The van der Waals surface area contributed by atoms with E-state index in [1.54, 1.807) is 6.08 Å². The Labute approximate surface area is 162 Å². The van der Waals surface area contributed by atoms with Gasteiger partial charge in [-0.1, -0.05) is 18.2 Å². The van der Waals surface area contributed by atoms with Crippen molar-refractivity contribution in [3.8, 4) is 0 Å². The first-order chi connectivity index (χ1) is 12.9. The second kappa shape index (κ2) is 10.1. The summed E-state index contributed by atoms with van der Waals surface area (Å²) < 4.78 is 0. The first-order valence-electron chi connectivity index (χ1n) is 9.52. The predicted octanol–water partition coefficient (Wildman–Crippen LogP) is -2.37. The molecule has 27 heavy (non-hydrogen) atoms. The van der Waals surface area contributed by atoms with Crippen LogP contribution >= 0.6 is 0 Å². The van der Waals surface area contributed by atoms with Crippen LogP contribution in [-0.2, 0) is 9.59 Å². The van der Waals surface area contributed by atoms with Crippen molar-refractivity contribution in [3.63, 3.8) is 0 Å². The summed E-state index contributed by atoms with van der Waals surface area (Å²) in [5, 5.41) is 5.33. The van der Waals surface area contributed by atoms with Gasteiger partial charge >= 0.3 is 11.8 Å². The molecule has 2 amide bonds. The highest BCUT2D eigenvalue weighted by atomic mass is 16.2. The van der Waals surface area contributed by atoms with Gasteiger partial charge in [0.2, 0.25) is 0 Å². The maximum Gasteiger partial charge on any atom is 0.309 e. The third kappa shape index (κ3) is 6.08. The Morgan fingerprint density at radius 1 is 1.11 bits per heavy atom. The lowest BCUT2D eigenvalue weighted by molar-refractivity contribution is -1.02. The summed E-state index contributed by atoms with van der Waals surface area (Å²) in [7, 11) is 6.25. The maximum absolute atomic E-state index is 12.1. The minimum absolute atomic E-state index is 0.130. The largest absolute Gasteiger partial charge is 0.378 e. The van der Waals surface area contributed by atoms with E-state index in [4.69, 9.17) is 0 Å². The summed E-state index contributed by atoms with van der Waals surface area (Å²) >= 11 is 0. The SMILES string of the molecule is C=CCNC(=O)C(=O)NC[C@H](c1ccc(N(C)C)cc1)[NH+]1CC[NH+](C)CC1. The van der Waals surface area contributed by atoms with Gasteiger partial charge in [-0.15, -0.1) is 6.58 Å². The number of rotatable bonds is 7. The molecule has 1 heterocycles. The number of piperazine rings is 1. The van der Waals surface area contributed by atoms with Gasteiger partial charge in [-0.25, -0.2) is 0 Å². The molecule has 0 saturated carbocycles. The minimum atomic E-state index is -0.616. The van der Waals surface area contributed by atoms with Crippen molar-refractivity contribution in [2.45, 2.75) is 6.04 Å². The van der Waals surface area contributed by atoms with Crippen LogP contribution in [0.1, 0.15) is 11.6 Å². The van der Waals surface area contributed by atoms with Gasteiger partial charge in [0.15, 0.2) is 0 Å². The lowest BCUT2D eigenvalue weighted by atomic mass is 10.0. The molecule has 148 valence electrons. The minimum Gasteiger partial charge on any atom is -0.378 e. The van der Waals surface area contributed by atoms with E-state index in [2.05, 4.69) is 53.4 Å². The molecule has 1 atom stereocenters. The van der Waals surface area contributed by atoms with Crippen LogP contribution in [0.25, 0.3) is 0 Å². The summed E-state index contributed by atoms with van der Waals surface area (Å²) in [5.74, 6) is -1.21. The number of hydrogen-bond donors (Lipinski definition) is 4. The van der Waals surface area contributed by atoms with Crippen LogP contribution in [0.2, 0.25) is 0 Å². The van der Waals surface area contributed by atoms with Crippen LogP contribution in [0.5, 0.6) is 0 Å². The Kier molecular flexibility index (Phi) is 7.82. The van der Waals surface area contributed by atoms with Crippen molar-refractivity contribution < 1.29 is 19.4 Å². The lowest BCUT2D eigenvalue weighted by Crippen LogP contribution is -3.27. The normalized spacial score (nSPS) is 20.4. The number of nitrogens with zero attached hydrogens (tertiary/aromatic N) is 1. The maximum atomic E-state index is 12.1. The number of amides is 2. The van der Waals surface area contributed by atoms with E-state index in [1.165, 1.54) is 15.4 Å². The van der Waals surface area contributed by atoms with E-state index in [1.807, 2.05) is 14.1 Å². The number of carbonyl (C=O) groups excluding carboxylic acids is 2. The first kappa shape index (κ1) is 20.9. The standard InChI is InChI=1S/C20H31N5O2/c1-5-10-21-19(26)20(27)22-15-18(25-13-11-24(4)12-14-25)16-6-8-17(9-7-16)23(2)3/h5-9,18H,1,10-15H2,2-4H3,(H,21,26)(H,22,27)/p+2/t18-/m1/s1. The molecule has 0 radical (unpaired) electrons. The third-order valence-electron chi connectivity index (χ3n) is 5.13. The van der Waals surface area contributed by atoms with Crippen molar-refractivity contribution in [2.24, 2.45) is 0 Å². The zero-order chi connectivity index (χ0) is 19.8. The number of carbonyl (C=O) groups is 2. The Hall–Kier alpha value is -2.38. The Morgan fingerprint density at radius 2 is 1.70 bits per heavy atom. The van der Waals surface area contributed by atoms with Gasteiger partial charge < -0.3 is 25.3 Å². The molecule has 1 saturated heterocycles. The van der Waals surface area contributed by atoms with Crippen LogP contribution < -0.4 is 25.3 Å². The lowest BCUT2D eigenvalue weighted by Gasteiger charge is -2.33. The highest BCUT2D eigenvalue weighted by Gasteiger charge is 2.30. The van der Waals surface area contributed by atoms with Gasteiger partial charge in [0, 0.05) is 31.9 Å². The molecule has 1 fully saturated rings. The molecule has 2 rings (SSSR count). The van der Waals surface area contributed by atoms with Crippen molar-refractivity contribution in [2.75, 3.05) is 65.3 Å². The van der Waals surface area contributed by atoms with E-state index in [0.717, 1.165) is 31.9 Å². The molecule has 0 aliphatic carbocycles. The van der Waals surface area contributed by atoms with Gasteiger partial charge in [0.05, 0.1) is 13.6 Å². The molecule has 0 spiro atoms. The molecule has 0 aromatic heterocycles. The second-order valence-electron chi connectivity index (χ2n) is 7.36. The second-order valence-corrected chi connectivity index (χ2v) is 7.36. The number of hydrogen-bond acceptors (Lipinski definition) is 3. The average Bonchev–Trinajstić information content (AvgIpc) is 2.67. The molecule has 0 bridgehead atoms. The fraction of sp³-hybridized carbons (Fsp3) is 0.500. The molecule has 1 aromatic carbocycles. The summed E-state index contributed by atoms with van der Waals surface area (Å²) in [6.07, 6.45) is 1.55. The van der Waals surface area contributed by atoms with Gasteiger partial charge in [0.25, 0.3) is 0 Å². The quantitative estimate of drug-likeness (QED) is 0.318. The Balaban J connectivity index is 2.08. The number of likely N-dealkylation sites (N-methyl/N-ethyl adjacent to an activating group) is 1. The smallest absolute Gasteiger partial charge is 0.309 e. The van der Waals surface area contributed by atoms with E-state index in [0.29, 0.717) is 6.54 Å². The van der Waals surface area contributed by atoms with Crippen molar-refractivity contribution in [1.29, 1.82) is 0 Å². The van der Waals surface area contributed by atoms with Gasteiger partial charge in [-0.3, -0.25) is 9.59 Å². The van der Waals surface area contributed by atoms with Crippen molar-refractivity contribution in [3.05, 3.63) is 42.5 Å². The third-order valence-corrected chi connectivity index (χ3v) is 5.13. The van der Waals surface area contributed by atoms with Crippen LogP contribution in [0, 0.1) is 0 Å². The molecule has 1 aliphatic heterocycles. The number of quaternary nitrogens is 2. The van der Waals surface area contributed by atoms with Crippen LogP contribution in [0.15, 0.2) is 36.9 Å². The molecular formula is C20H33N5O2+2. The molecule has 1 aliphatic rings. The monoisotopic (exact) mass is 375 g/mol. The molecule has 7 heteroatoms. The molecule has 0 unspecified atom stereocenters. The number of anilines is 1. The average molecular weight is 376 g/mol. The van der Waals surface area contributed by atoms with E-state index in [-0.39, 0.29) is 12.6 Å².